The summed E-state index contributed by atoms with van der Waals surface area (Å²) < 4.78 is 26.8. The highest BCUT2D eigenvalue weighted by Crippen LogP contribution is 2.19. The van der Waals surface area contributed by atoms with Gasteiger partial charge in [0.15, 0.2) is 0 Å². The van der Waals surface area contributed by atoms with Crippen molar-refractivity contribution < 1.29 is 18.0 Å². The van der Waals surface area contributed by atoms with Crippen molar-refractivity contribution in [3.05, 3.63) is 53.0 Å². The lowest BCUT2D eigenvalue weighted by molar-refractivity contribution is -0.117. The zero-order valence-corrected chi connectivity index (χ0v) is 17.5. The van der Waals surface area contributed by atoms with Gasteiger partial charge in [-0.25, -0.2) is 8.42 Å². The summed E-state index contributed by atoms with van der Waals surface area (Å²) in [5.74, 6) is -0.572. The van der Waals surface area contributed by atoms with E-state index in [4.69, 9.17) is 0 Å². The van der Waals surface area contributed by atoms with E-state index in [2.05, 4.69) is 21.2 Å². The van der Waals surface area contributed by atoms with Crippen LogP contribution in [-0.4, -0.2) is 45.2 Å². The van der Waals surface area contributed by atoms with E-state index in [-0.39, 0.29) is 17.3 Å². The Balaban J connectivity index is 2.02. The van der Waals surface area contributed by atoms with Crippen LogP contribution in [0.5, 0.6) is 0 Å². The Hall–Kier alpha value is -2.23. The van der Waals surface area contributed by atoms with Crippen molar-refractivity contribution in [1.82, 2.24) is 4.31 Å². The molecule has 2 aromatic carbocycles. The second kappa shape index (κ2) is 8.64. The predicted octanol–water partition coefficient (Wildman–Crippen LogP) is 2.69. The largest absolute Gasteiger partial charge is 0.325 e. The lowest BCUT2D eigenvalue weighted by Crippen LogP contribution is -2.34. The highest BCUT2D eigenvalue weighted by atomic mass is 79.9. The molecule has 27 heavy (non-hydrogen) atoms. The Morgan fingerprint density at radius 2 is 1.56 bits per heavy atom. The zero-order valence-electron chi connectivity index (χ0n) is 15.1. The van der Waals surface area contributed by atoms with Crippen LogP contribution in [0.4, 0.5) is 11.4 Å². The third kappa shape index (κ3) is 5.38. The van der Waals surface area contributed by atoms with Crippen LogP contribution in [0.2, 0.25) is 0 Å². The molecule has 0 unspecified atom stereocenters. The van der Waals surface area contributed by atoms with E-state index in [0.717, 1.165) is 8.78 Å². The molecule has 0 saturated carbocycles. The number of nitrogens with one attached hydrogen (secondary N) is 1. The molecule has 0 aliphatic rings. The molecule has 0 bridgehead atoms. The molecule has 0 radical (unpaired) electrons. The lowest BCUT2D eigenvalue weighted by atomic mass is 10.2. The average molecular weight is 454 g/mol. The average Bonchev–Trinajstić information content (AvgIpc) is 2.61. The summed E-state index contributed by atoms with van der Waals surface area (Å²) in [4.78, 5) is 25.1. The Labute approximate surface area is 167 Å². The van der Waals surface area contributed by atoms with Crippen molar-refractivity contribution in [3.8, 4) is 0 Å². The molecule has 0 heterocycles. The van der Waals surface area contributed by atoms with Crippen LogP contribution in [0.25, 0.3) is 0 Å². The van der Waals surface area contributed by atoms with Crippen molar-refractivity contribution in [2.75, 3.05) is 30.9 Å². The third-order valence-electron chi connectivity index (χ3n) is 3.90. The standard InChI is InChI=1S/C18H20BrN3O4S/c1-13(23)22(3)16-8-6-15(7-9-16)20-18(24)12-21(2)27(25,26)17-10-4-14(19)5-11-17/h4-11H,12H2,1-3H3,(H,20,24). The minimum absolute atomic E-state index is 0.105. The highest BCUT2D eigenvalue weighted by molar-refractivity contribution is 9.10. The van der Waals surface area contributed by atoms with E-state index < -0.39 is 15.9 Å². The maximum atomic E-state index is 12.5. The Kier molecular flexibility index (Phi) is 6.74. The van der Waals surface area contributed by atoms with Crippen LogP contribution >= 0.6 is 15.9 Å². The van der Waals surface area contributed by atoms with Gasteiger partial charge in [-0.2, -0.15) is 4.31 Å². The summed E-state index contributed by atoms with van der Waals surface area (Å²) in [6.45, 7) is 1.13. The van der Waals surface area contributed by atoms with E-state index in [1.807, 2.05) is 0 Å². The van der Waals surface area contributed by atoms with Gasteiger partial charge in [0.1, 0.15) is 0 Å². The molecular weight excluding hydrogens is 434 g/mol. The summed E-state index contributed by atoms with van der Waals surface area (Å²) in [6, 6.07) is 12.9. The van der Waals surface area contributed by atoms with Gasteiger partial charge in [-0.15, -0.1) is 0 Å². The van der Waals surface area contributed by atoms with E-state index >= 15 is 0 Å². The van der Waals surface area contributed by atoms with E-state index in [0.29, 0.717) is 11.4 Å². The van der Waals surface area contributed by atoms with Gasteiger partial charge in [0.25, 0.3) is 0 Å². The van der Waals surface area contributed by atoms with E-state index in [1.54, 1.807) is 43.4 Å². The second-order valence-corrected chi connectivity index (χ2v) is 8.85. The number of carbonyl (C=O) groups is 2. The smallest absolute Gasteiger partial charge is 0.243 e. The van der Waals surface area contributed by atoms with Crippen LogP contribution in [-0.2, 0) is 19.6 Å². The second-order valence-electron chi connectivity index (χ2n) is 5.89. The maximum absolute atomic E-state index is 12.5. The fourth-order valence-corrected chi connectivity index (χ4v) is 3.62. The number of likely N-dealkylation sites (N-methyl/N-ethyl adjacent to an activating group) is 1. The van der Waals surface area contributed by atoms with Crippen LogP contribution in [0, 0.1) is 0 Å². The van der Waals surface area contributed by atoms with Gasteiger partial charge in [-0.1, -0.05) is 15.9 Å². The molecule has 7 nitrogen and oxygen atoms in total. The zero-order chi connectivity index (χ0) is 20.2. The number of anilines is 2. The first-order valence-electron chi connectivity index (χ1n) is 7.97. The van der Waals surface area contributed by atoms with E-state index in [9.17, 15) is 18.0 Å². The fourth-order valence-electron chi connectivity index (χ4n) is 2.22. The van der Waals surface area contributed by atoms with Gasteiger partial charge < -0.3 is 10.2 Å². The molecule has 2 amide bonds. The molecule has 1 N–H and O–H groups in total. The van der Waals surface area contributed by atoms with Gasteiger partial charge in [-0.3, -0.25) is 9.59 Å². The minimum atomic E-state index is -3.76. The molecule has 0 fully saturated rings. The molecule has 0 spiro atoms. The Morgan fingerprint density at radius 1 is 1.00 bits per heavy atom. The number of sulfonamides is 1. The molecule has 2 rings (SSSR count). The summed E-state index contributed by atoms with van der Waals surface area (Å²) in [5.41, 5.74) is 1.20. The molecule has 0 aliphatic heterocycles. The highest BCUT2D eigenvalue weighted by Gasteiger charge is 2.22. The summed E-state index contributed by atoms with van der Waals surface area (Å²) in [7, 11) is -0.763. The number of benzene rings is 2. The summed E-state index contributed by atoms with van der Waals surface area (Å²) in [5, 5.41) is 2.64. The molecule has 0 aromatic heterocycles. The number of hydrogen-bond donors (Lipinski definition) is 1. The van der Waals surface area contributed by atoms with Crippen LogP contribution in [0.15, 0.2) is 57.9 Å². The SMILES string of the molecule is CC(=O)N(C)c1ccc(NC(=O)CN(C)S(=O)(=O)c2ccc(Br)cc2)cc1. The van der Waals surface area contributed by atoms with Gasteiger partial charge in [0, 0.05) is 36.9 Å². The maximum Gasteiger partial charge on any atom is 0.243 e. The van der Waals surface area contributed by atoms with Crippen LogP contribution in [0.3, 0.4) is 0 Å². The van der Waals surface area contributed by atoms with Gasteiger partial charge >= 0.3 is 0 Å². The van der Waals surface area contributed by atoms with Crippen molar-refractivity contribution >= 4 is 49.1 Å². The van der Waals surface area contributed by atoms with Crippen molar-refractivity contribution in [3.63, 3.8) is 0 Å². The van der Waals surface area contributed by atoms with Crippen molar-refractivity contribution in [2.24, 2.45) is 0 Å². The quantitative estimate of drug-likeness (QED) is 0.727. The number of rotatable bonds is 6. The molecule has 9 heteroatoms. The Morgan fingerprint density at radius 3 is 2.07 bits per heavy atom. The first-order chi connectivity index (χ1) is 12.6. The number of nitrogens with zero attached hydrogens (tertiary/aromatic N) is 2. The minimum Gasteiger partial charge on any atom is -0.325 e. The van der Waals surface area contributed by atoms with Crippen LogP contribution in [0.1, 0.15) is 6.92 Å². The summed E-state index contributed by atoms with van der Waals surface area (Å²) >= 11 is 3.25. The van der Waals surface area contributed by atoms with E-state index in [1.165, 1.54) is 31.0 Å². The monoisotopic (exact) mass is 453 g/mol. The topological polar surface area (TPSA) is 86.8 Å². The molecular formula is C18H20BrN3O4S. The van der Waals surface area contributed by atoms with Gasteiger partial charge in [0.2, 0.25) is 21.8 Å². The lowest BCUT2D eigenvalue weighted by Gasteiger charge is -2.18. The number of carbonyl (C=O) groups excluding carboxylic acids is 2. The van der Waals surface area contributed by atoms with Crippen molar-refractivity contribution in [1.29, 1.82) is 0 Å². The number of amides is 2. The molecule has 0 aliphatic carbocycles. The third-order valence-corrected chi connectivity index (χ3v) is 6.25. The van der Waals surface area contributed by atoms with Crippen molar-refractivity contribution in [2.45, 2.75) is 11.8 Å². The predicted molar refractivity (Wildman–Crippen MR) is 108 cm³/mol. The summed E-state index contributed by atoms with van der Waals surface area (Å²) in [6.07, 6.45) is 0. The van der Waals surface area contributed by atoms with Gasteiger partial charge in [-0.05, 0) is 48.5 Å². The van der Waals surface area contributed by atoms with Crippen LogP contribution < -0.4 is 10.2 Å². The number of halogens is 1. The molecule has 2 aromatic rings. The fraction of sp³-hybridized carbons (Fsp3) is 0.222. The van der Waals surface area contributed by atoms with Gasteiger partial charge in [0.05, 0.1) is 11.4 Å². The molecule has 144 valence electrons. The normalized spacial score (nSPS) is 11.3. The first-order valence-corrected chi connectivity index (χ1v) is 10.2. The Bertz CT molecular complexity index is 928. The number of hydrogen-bond acceptors (Lipinski definition) is 4. The first kappa shape index (κ1) is 21.1. The molecule has 0 saturated heterocycles. The molecule has 0 atom stereocenters.